The molecule has 0 radical (unpaired) electrons. The molecule has 0 fully saturated rings. The maximum Gasteiger partial charge on any atom is 0.243 e. The Balaban J connectivity index is 1.57. The van der Waals surface area contributed by atoms with Gasteiger partial charge in [-0.05, 0) is 42.8 Å². The second-order valence-electron chi connectivity index (χ2n) is 5.22. The Hall–Kier alpha value is -2.21. The Labute approximate surface area is 143 Å². The summed E-state index contributed by atoms with van der Waals surface area (Å²) in [4.78, 5) is 12.1. The van der Waals surface area contributed by atoms with E-state index in [1.807, 2.05) is 25.1 Å². The van der Waals surface area contributed by atoms with E-state index >= 15 is 0 Å². The van der Waals surface area contributed by atoms with E-state index in [4.69, 9.17) is 9.47 Å². The number of halogens is 1. The zero-order chi connectivity index (χ0) is 16.2. The smallest absolute Gasteiger partial charge is 0.243 e. The van der Waals surface area contributed by atoms with Crippen LogP contribution in [0, 0.1) is 6.92 Å². The predicted octanol–water partition coefficient (Wildman–Crippen LogP) is 3.58. The third-order valence-electron chi connectivity index (χ3n) is 3.44. The first-order chi connectivity index (χ1) is 11.1. The molecule has 2 aromatic rings. The Morgan fingerprint density at radius 3 is 2.61 bits per heavy atom. The highest BCUT2D eigenvalue weighted by Crippen LogP contribution is 2.32. The number of benzene rings is 2. The summed E-state index contributed by atoms with van der Waals surface area (Å²) in [6.07, 6.45) is 0. The lowest BCUT2D eigenvalue weighted by atomic mass is 10.2. The average Bonchev–Trinajstić information content (AvgIpc) is 2.56. The minimum Gasteiger partial charge on any atom is -0.486 e. The molecule has 0 bridgehead atoms. The average molecular weight is 377 g/mol. The molecular formula is C17H17BrN2O3. The molecule has 23 heavy (non-hydrogen) atoms. The van der Waals surface area contributed by atoms with Crippen molar-refractivity contribution in [2.75, 3.05) is 30.4 Å². The number of hydrogen-bond acceptors (Lipinski definition) is 4. The molecule has 2 aromatic carbocycles. The first-order valence-corrected chi connectivity index (χ1v) is 8.10. The standard InChI is InChI=1S/C17H17BrN2O3/c1-11-8-12(2-4-14(11)18)19-10-17(21)20-13-3-5-15-16(9-13)23-7-6-22-15/h2-5,8-9,19H,6-7,10H2,1H3,(H,20,21). The summed E-state index contributed by atoms with van der Waals surface area (Å²) in [6.45, 7) is 3.27. The second kappa shape index (κ2) is 6.91. The van der Waals surface area contributed by atoms with Crippen LogP contribution in [0.2, 0.25) is 0 Å². The lowest BCUT2D eigenvalue weighted by molar-refractivity contribution is -0.114. The minimum atomic E-state index is -0.123. The molecule has 1 heterocycles. The molecule has 1 aliphatic heterocycles. The number of fused-ring (bicyclic) bond motifs is 1. The molecule has 0 atom stereocenters. The summed E-state index contributed by atoms with van der Waals surface area (Å²) in [5.41, 5.74) is 2.71. The monoisotopic (exact) mass is 376 g/mol. The van der Waals surface area contributed by atoms with Gasteiger partial charge in [-0.25, -0.2) is 0 Å². The topological polar surface area (TPSA) is 59.6 Å². The second-order valence-corrected chi connectivity index (χ2v) is 6.08. The lowest BCUT2D eigenvalue weighted by Crippen LogP contribution is -2.22. The molecule has 0 saturated carbocycles. The van der Waals surface area contributed by atoms with Crippen molar-refractivity contribution in [1.82, 2.24) is 0 Å². The number of aryl methyl sites for hydroxylation is 1. The van der Waals surface area contributed by atoms with E-state index in [1.54, 1.807) is 18.2 Å². The van der Waals surface area contributed by atoms with Crippen molar-refractivity contribution in [3.05, 3.63) is 46.4 Å². The predicted molar refractivity (Wildman–Crippen MR) is 93.4 cm³/mol. The Morgan fingerprint density at radius 2 is 1.83 bits per heavy atom. The summed E-state index contributed by atoms with van der Waals surface area (Å²) >= 11 is 3.45. The van der Waals surface area contributed by atoms with Gasteiger partial charge < -0.3 is 20.1 Å². The third kappa shape index (κ3) is 3.96. The van der Waals surface area contributed by atoms with Gasteiger partial charge in [0, 0.05) is 21.9 Å². The number of carbonyl (C=O) groups is 1. The molecule has 120 valence electrons. The van der Waals surface area contributed by atoms with Crippen molar-refractivity contribution >= 4 is 33.2 Å². The number of carbonyl (C=O) groups excluding carboxylic acids is 1. The van der Waals surface area contributed by atoms with Gasteiger partial charge in [0.05, 0.1) is 6.54 Å². The van der Waals surface area contributed by atoms with E-state index in [0.717, 1.165) is 15.7 Å². The third-order valence-corrected chi connectivity index (χ3v) is 4.33. The van der Waals surface area contributed by atoms with Crippen molar-refractivity contribution in [3.8, 4) is 11.5 Å². The van der Waals surface area contributed by atoms with Crippen LogP contribution >= 0.6 is 15.9 Å². The maximum atomic E-state index is 12.1. The largest absolute Gasteiger partial charge is 0.486 e. The molecule has 2 N–H and O–H groups in total. The molecular weight excluding hydrogens is 360 g/mol. The molecule has 6 heteroatoms. The number of ether oxygens (including phenoxy) is 2. The lowest BCUT2D eigenvalue weighted by Gasteiger charge is -2.19. The number of anilines is 2. The highest BCUT2D eigenvalue weighted by atomic mass is 79.9. The SMILES string of the molecule is Cc1cc(NCC(=O)Nc2ccc3c(c2)OCCO3)ccc1Br. The van der Waals surface area contributed by atoms with Crippen molar-refractivity contribution in [2.45, 2.75) is 6.92 Å². The Morgan fingerprint density at radius 1 is 1.09 bits per heavy atom. The Bertz CT molecular complexity index is 734. The number of hydrogen-bond donors (Lipinski definition) is 2. The summed E-state index contributed by atoms with van der Waals surface area (Å²) in [5, 5.41) is 5.95. The van der Waals surface area contributed by atoms with Gasteiger partial charge in [-0.1, -0.05) is 15.9 Å². The number of nitrogens with one attached hydrogen (secondary N) is 2. The maximum absolute atomic E-state index is 12.1. The van der Waals surface area contributed by atoms with Gasteiger partial charge in [0.2, 0.25) is 5.91 Å². The first-order valence-electron chi connectivity index (χ1n) is 7.31. The van der Waals surface area contributed by atoms with E-state index in [0.29, 0.717) is 30.4 Å². The molecule has 5 nitrogen and oxygen atoms in total. The summed E-state index contributed by atoms with van der Waals surface area (Å²) in [6, 6.07) is 11.2. The van der Waals surface area contributed by atoms with Crippen molar-refractivity contribution < 1.29 is 14.3 Å². The van der Waals surface area contributed by atoms with Crippen LogP contribution in [0.1, 0.15) is 5.56 Å². The van der Waals surface area contributed by atoms with Crippen LogP contribution in [0.5, 0.6) is 11.5 Å². The van der Waals surface area contributed by atoms with Gasteiger partial charge >= 0.3 is 0 Å². The van der Waals surface area contributed by atoms with Crippen LogP contribution in [0.3, 0.4) is 0 Å². The summed E-state index contributed by atoms with van der Waals surface area (Å²) < 4.78 is 12.0. The number of rotatable bonds is 4. The van der Waals surface area contributed by atoms with Crippen LogP contribution in [0.4, 0.5) is 11.4 Å². The molecule has 0 saturated heterocycles. The van der Waals surface area contributed by atoms with Crippen LogP contribution in [0.15, 0.2) is 40.9 Å². The van der Waals surface area contributed by atoms with E-state index in [9.17, 15) is 4.79 Å². The van der Waals surface area contributed by atoms with Gasteiger partial charge in [-0.15, -0.1) is 0 Å². The molecule has 1 aliphatic rings. The van der Waals surface area contributed by atoms with Crippen molar-refractivity contribution in [2.24, 2.45) is 0 Å². The summed E-state index contributed by atoms with van der Waals surface area (Å²) in [7, 11) is 0. The van der Waals surface area contributed by atoms with Crippen LogP contribution in [0.25, 0.3) is 0 Å². The number of amides is 1. The minimum absolute atomic E-state index is 0.123. The van der Waals surface area contributed by atoms with Gasteiger partial charge in [0.15, 0.2) is 11.5 Å². The Kier molecular flexibility index (Phi) is 4.71. The highest BCUT2D eigenvalue weighted by Gasteiger charge is 2.12. The van der Waals surface area contributed by atoms with Crippen LogP contribution in [-0.4, -0.2) is 25.7 Å². The summed E-state index contributed by atoms with van der Waals surface area (Å²) in [5.74, 6) is 1.24. The van der Waals surface area contributed by atoms with Gasteiger partial charge in [-0.3, -0.25) is 4.79 Å². The molecule has 1 amide bonds. The van der Waals surface area contributed by atoms with E-state index < -0.39 is 0 Å². The highest BCUT2D eigenvalue weighted by molar-refractivity contribution is 9.10. The zero-order valence-electron chi connectivity index (χ0n) is 12.7. The quantitative estimate of drug-likeness (QED) is 0.855. The molecule has 0 aromatic heterocycles. The molecule has 0 aliphatic carbocycles. The van der Waals surface area contributed by atoms with E-state index in [2.05, 4.69) is 26.6 Å². The fourth-order valence-electron chi connectivity index (χ4n) is 2.26. The van der Waals surface area contributed by atoms with E-state index in [-0.39, 0.29) is 12.5 Å². The van der Waals surface area contributed by atoms with Gasteiger partial charge in [0.25, 0.3) is 0 Å². The van der Waals surface area contributed by atoms with Crippen LogP contribution < -0.4 is 20.1 Å². The fraction of sp³-hybridized carbons (Fsp3) is 0.235. The van der Waals surface area contributed by atoms with Gasteiger partial charge in [0.1, 0.15) is 13.2 Å². The molecule has 0 unspecified atom stereocenters. The first kappa shape index (κ1) is 15.7. The van der Waals surface area contributed by atoms with Crippen molar-refractivity contribution in [1.29, 1.82) is 0 Å². The van der Waals surface area contributed by atoms with Crippen molar-refractivity contribution in [3.63, 3.8) is 0 Å². The normalized spacial score (nSPS) is 12.6. The fourth-order valence-corrected chi connectivity index (χ4v) is 2.51. The van der Waals surface area contributed by atoms with Gasteiger partial charge in [-0.2, -0.15) is 0 Å². The molecule has 0 spiro atoms. The zero-order valence-corrected chi connectivity index (χ0v) is 14.3. The molecule has 3 rings (SSSR count). The van der Waals surface area contributed by atoms with E-state index in [1.165, 1.54) is 0 Å². The van der Waals surface area contributed by atoms with Crippen LogP contribution in [-0.2, 0) is 4.79 Å².